The summed E-state index contributed by atoms with van der Waals surface area (Å²) in [7, 11) is 0. The Morgan fingerprint density at radius 3 is 2.50 bits per heavy atom. The maximum absolute atomic E-state index is 13.4. The van der Waals surface area contributed by atoms with Gasteiger partial charge in [-0.05, 0) is 35.0 Å². The van der Waals surface area contributed by atoms with Gasteiger partial charge in [-0.15, -0.1) is 11.8 Å². The second-order valence-electron chi connectivity index (χ2n) is 5.46. The molecular weight excluding hydrogens is 326 g/mol. The first kappa shape index (κ1) is 15.1. The normalized spacial score (nSPS) is 11.6. The van der Waals surface area contributed by atoms with E-state index in [0.717, 1.165) is 14.8 Å². The number of para-hydroxylation sites is 2. The topological polar surface area (TPSA) is 17.8 Å². The molecule has 24 heavy (non-hydrogen) atoms. The molecule has 3 aromatic carbocycles. The summed E-state index contributed by atoms with van der Waals surface area (Å²) in [6.07, 6.45) is 0. The quantitative estimate of drug-likeness (QED) is 0.432. The first-order valence-corrected chi connectivity index (χ1v) is 8.56. The minimum Gasteiger partial charge on any atom is -0.269 e. The lowest BCUT2D eigenvalue weighted by molar-refractivity contribution is 0.0722. The maximum atomic E-state index is 13.4. The fraction of sp³-hybridized carbons (Fsp3) is 0.105. The highest BCUT2D eigenvalue weighted by Gasteiger charge is 2.17. The second-order valence-corrected chi connectivity index (χ2v) is 6.51. The van der Waals surface area contributed by atoms with Crippen LogP contribution in [0, 0.1) is 0 Å². The van der Waals surface area contributed by atoms with Gasteiger partial charge in [0.15, 0.2) is 0 Å². The maximum Gasteiger partial charge on any atom is 0.320 e. The molecule has 4 rings (SSSR count). The third-order valence-corrected chi connectivity index (χ3v) is 4.94. The van der Waals surface area contributed by atoms with Gasteiger partial charge < -0.3 is 0 Å². The van der Waals surface area contributed by atoms with Gasteiger partial charge in [-0.3, -0.25) is 4.57 Å². The monoisotopic (exact) mass is 340 g/mol. The number of halogens is 2. The Morgan fingerprint density at radius 1 is 0.917 bits per heavy atom. The van der Waals surface area contributed by atoms with E-state index in [1.54, 1.807) is 18.2 Å². The highest BCUT2D eigenvalue weighted by molar-refractivity contribution is 7.98. The molecule has 120 valence electrons. The minimum absolute atomic E-state index is 0.393. The van der Waals surface area contributed by atoms with Crippen LogP contribution in [0.2, 0.25) is 0 Å². The lowest BCUT2D eigenvalue weighted by Crippen LogP contribution is -2.03. The van der Waals surface area contributed by atoms with E-state index in [1.807, 2.05) is 36.4 Å². The number of rotatable bonds is 4. The van der Waals surface area contributed by atoms with Crippen molar-refractivity contribution in [2.75, 3.05) is 0 Å². The Morgan fingerprint density at radius 2 is 1.67 bits per heavy atom. The van der Waals surface area contributed by atoms with Gasteiger partial charge in [-0.1, -0.05) is 42.5 Å². The predicted octanol–water partition coefficient (Wildman–Crippen LogP) is 5.88. The van der Waals surface area contributed by atoms with Crippen molar-refractivity contribution in [1.82, 2.24) is 9.55 Å². The Balaban J connectivity index is 1.65. The molecule has 4 aromatic rings. The average molecular weight is 340 g/mol. The van der Waals surface area contributed by atoms with Crippen LogP contribution in [0.3, 0.4) is 0 Å². The molecule has 0 saturated carbocycles. The average Bonchev–Trinajstić information content (AvgIpc) is 2.98. The standard InChI is InChI=1S/C19H14F2N2S/c20-19(21)23-17-8-4-3-7-16(17)22-18(23)12-24-15-10-9-13-5-1-2-6-14(13)11-15/h1-11,19H,12H2. The van der Waals surface area contributed by atoms with E-state index in [1.165, 1.54) is 17.1 Å². The first-order chi connectivity index (χ1) is 11.7. The number of alkyl halides is 2. The van der Waals surface area contributed by atoms with Gasteiger partial charge in [0.1, 0.15) is 5.82 Å². The van der Waals surface area contributed by atoms with Crippen LogP contribution in [-0.2, 0) is 5.75 Å². The van der Waals surface area contributed by atoms with Crippen LogP contribution in [-0.4, -0.2) is 9.55 Å². The number of aromatic nitrogens is 2. The second kappa shape index (κ2) is 6.24. The van der Waals surface area contributed by atoms with Crippen molar-refractivity contribution in [2.45, 2.75) is 17.2 Å². The molecule has 0 unspecified atom stereocenters. The van der Waals surface area contributed by atoms with Gasteiger partial charge in [0.05, 0.1) is 16.8 Å². The molecular formula is C19H14F2N2S. The molecule has 0 radical (unpaired) electrons. The number of thioether (sulfide) groups is 1. The van der Waals surface area contributed by atoms with Crippen LogP contribution in [0.4, 0.5) is 8.78 Å². The zero-order valence-corrected chi connectivity index (χ0v) is 13.5. The molecule has 0 aliphatic heterocycles. The Hall–Kier alpha value is -2.40. The molecule has 0 bridgehead atoms. The van der Waals surface area contributed by atoms with Gasteiger partial charge in [-0.2, -0.15) is 8.78 Å². The number of nitrogens with zero attached hydrogens (tertiary/aromatic N) is 2. The van der Waals surface area contributed by atoms with Crippen molar-refractivity contribution in [3.05, 3.63) is 72.6 Å². The van der Waals surface area contributed by atoms with Crippen LogP contribution >= 0.6 is 11.8 Å². The number of hydrogen-bond acceptors (Lipinski definition) is 2. The number of imidazole rings is 1. The molecule has 1 aromatic heterocycles. The van der Waals surface area contributed by atoms with Gasteiger partial charge in [0, 0.05) is 4.90 Å². The van der Waals surface area contributed by atoms with E-state index in [2.05, 4.69) is 17.1 Å². The van der Waals surface area contributed by atoms with E-state index >= 15 is 0 Å². The van der Waals surface area contributed by atoms with Crippen molar-refractivity contribution in [1.29, 1.82) is 0 Å². The molecule has 5 heteroatoms. The lowest BCUT2D eigenvalue weighted by Gasteiger charge is -2.08. The third-order valence-electron chi connectivity index (χ3n) is 3.95. The summed E-state index contributed by atoms with van der Waals surface area (Å²) in [5.74, 6) is 0.793. The summed E-state index contributed by atoms with van der Waals surface area (Å²) in [4.78, 5) is 5.42. The summed E-state index contributed by atoms with van der Waals surface area (Å²) in [6.45, 7) is -2.59. The highest BCUT2D eigenvalue weighted by atomic mass is 32.2. The molecule has 0 atom stereocenters. The molecule has 0 spiro atoms. The largest absolute Gasteiger partial charge is 0.320 e. The molecule has 0 aliphatic rings. The van der Waals surface area contributed by atoms with Crippen molar-refractivity contribution < 1.29 is 8.78 Å². The van der Waals surface area contributed by atoms with Gasteiger partial charge >= 0.3 is 6.55 Å². The van der Waals surface area contributed by atoms with Crippen molar-refractivity contribution >= 4 is 33.6 Å². The number of benzene rings is 3. The van der Waals surface area contributed by atoms with Crippen LogP contribution < -0.4 is 0 Å². The minimum atomic E-state index is -2.59. The number of hydrogen-bond donors (Lipinski definition) is 0. The molecule has 0 N–H and O–H groups in total. The van der Waals surface area contributed by atoms with E-state index in [0.29, 0.717) is 22.6 Å². The molecule has 2 nitrogen and oxygen atoms in total. The van der Waals surface area contributed by atoms with Crippen molar-refractivity contribution in [3.8, 4) is 0 Å². The molecule has 0 fully saturated rings. The van der Waals surface area contributed by atoms with Crippen LogP contribution in [0.1, 0.15) is 12.4 Å². The molecule has 0 amide bonds. The smallest absolute Gasteiger partial charge is 0.269 e. The van der Waals surface area contributed by atoms with Gasteiger partial charge in [0.2, 0.25) is 0 Å². The fourth-order valence-corrected chi connectivity index (χ4v) is 3.69. The zero-order chi connectivity index (χ0) is 16.5. The zero-order valence-electron chi connectivity index (χ0n) is 12.7. The Labute approximate surface area is 142 Å². The van der Waals surface area contributed by atoms with Crippen LogP contribution in [0.25, 0.3) is 21.8 Å². The van der Waals surface area contributed by atoms with Gasteiger partial charge in [0.25, 0.3) is 0 Å². The van der Waals surface area contributed by atoms with E-state index in [9.17, 15) is 8.78 Å². The third kappa shape index (κ3) is 2.76. The molecule has 0 aliphatic carbocycles. The van der Waals surface area contributed by atoms with Crippen LogP contribution in [0.5, 0.6) is 0 Å². The summed E-state index contributed by atoms with van der Waals surface area (Å²) in [5, 5.41) is 2.31. The fourth-order valence-electron chi connectivity index (χ4n) is 2.82. The van der Waals surface area contributed by atoms with E-state index in [4.69, 9.17) is 0 Å². The summed E-state index contributed by atoms with van der Waals surface area (Å²) >= 11 is 1.52. The van der Waals surface area contributed by atoms with E-state index < -0.39 is 6.55 Å². The first-order valence-electron chi connectivity index (χ1n) is 7.58. The molecule has 0 saturated heterocycles. The van der Waals surface area contributed by atoms with Crippen molar-refractivity contribution in [3.63, 3.8) is 0 Å². The summed E-state index contributed by atoms with van der Waals surface area (Å²) < 4.78 is 27.9. The van der Waals surface area contributed by atoms with Crippen molar-refractivity contribution in [2.24, 2.45) is 0 Å². The summed E-state index contributed by atoms with van der Waals surface area (Å²) in [6, 6.07) is 21.2. The van der Waals surface area contributed by atoms with E-state index in [-0.39, 0.29) is 0 Å². The molecule has 1 heterocycles. The highest BCUT2D eigenvalue weighted by Crippen LogP contribution is 2.30. The lowest BCUT2D eigenvalue weighted by atomic mass is 10.1. The SMILES string of the molecule is FC(F)n1c(CSc2ccc3ccccc3c2)nc2ccccc21. The Kier molecular flexibility index (Phi) is 3.94. The predicted molar refractivity (Wildman–Crippen MR) is 94.5 cm³/mol. The Bertz CT molecular complexity index is 1010. The van der Waals surface area contributed by atoms with Gasteiger partial charge in [-0.25, -0.2) is 4.98 Å². The summed E-state index contributed by atoms with van der Waals surface area (Å²) in [5.41, 5.74) is 1.08. The number of fused-ring (bicyclic) bond motifs is 2. The van der Waals surface area contributed by atoms with Crippen LogP contribution in [0.15, 0.2) is 71.6 Å².